The van der Waals surface area contributed by atoms with Crippen LogP contribution >= 0.6 is 0 Å². The summed E-state index contributed by atoms with van der Waals surface area (Å²) in [5.41, 5.74) is -0.108. The van der Waals surface area contributed by atoms with E-state index >= 15 is 0 Å². The lowest BCUT2D eigenvalue weighted by Crippen LogP contribution is -2.27. The molecule has 0 aliphatic rings. The highest BCUT2D eigenvalue weighted by atomic mass is 16.4. The third-order valence-corrected chi connectivity index (χ3v) is 3.66. The number of unbranched alkanes of at least 4 members (excludes halogenated alkanes) is 2. The summed E-state index contributed by atoms with van der Waals surface area (Å²) in [5, 5.41) is 17.7. The zero-order chi connectivity index (χ0) is 14.2. The van der Waals surface area contributed by atoms with Crippen molar-refractivity contribution in [2.24, 2.45) is 11.3 Å². The molecule has 0 aromatic heterocycles. The maximum Gasteiger partial charge on any atom is 0.303 e. The van der Waals surface area contributed by atoms with Gasteiger partial charge >= 0.3 is 11.9 Å². The van der Waals surface area contributed by atoms with Gasteiger partial charge in [0.2, 0.25) is 0 Å². The quantitative estimate of drug-likeness (QED) is 0.588. The van der Waals surface area contributed by atoms with Gasteiger partial charge in [0.05, 0.1) is 0 Å². The van der Waals surface area contributed by atoms with Gasteiger partial charge in [-0.15, -0.1) is 0 Å². The summed E-state index contributed by atoms with van der Waals surface area (Å²) >= 11 is 0. The van der Waals surface area contributed by atoms with Crippen molar-refractivity contribution in [3.63, 3.8) is 0 Å². The van der Waals surface area contributed by atoms with Crippen LogP contribution in [0.2, 0.25) is 0 Å². The molecule has 0 fully saturated rings. The first-order chi connectivity index (χ1) is 8.29. The predicted octanol–water partition coefficient (Wildman–Crippen LogP) is 3.55. The van der Waals surface area contributed by atoms with E-state index in [1.54, 1.807) is 0 Å². The first-order valence-electron chi connectivity index (χ1n) is 6.73. The second-order valence-electron chi connectivity index (χ2n) is 5.67. The monoisotopic (exact) mass is 258 g/mol. The van der Waals surface area contributed by atoms with E-state index in [0.717, 1.165) is 25.7 Å². The molecule has 0 heterocycles. The van der Waals surface area contributed by atoms with Gasteiger partial charge in [-0.3, -0.25) is 9.59 Å². The molecule has 0 radical (unpaired) electrons. The molecule has 4 heteroatoms. The fraction of sp³-hybridized carbons (Fsp3) is 0.857. The van der Waals surface area contributed by atoms with Crippen molar-refractivity contribution in [3.8, 4) is 0 Å². The van der Waals surface area contributed by atoms with Crippen LogP contribution in [0.1, 0.15) is 65.7 Å². The van der Waals surface area contributed by atoms with Gasteiger partial charge in [0.1, 0.15) is 0 Å². The van der Waals surface area contributed by atoms with Crippen LogP contribution in [-0.2, 0) is 9.59 Å². The van der Waals surface area contributed by atoms with Gasteiger partial charge in [0.25, 0.3) is 0 Å². The minimum atomic E-state index is -0.852. The summed E-state index contributed by atoms with van der Waals surface area (Å²) in [4.78, 5) is 21.5. The van der Waals surface area contributed by atoms with Crippen molar-refractivity contribution in [2.75, 3.05) is 0 Å². The maximum atomic E-state index is 10.9. The molecule has 0 aromatic carbocycles. The summed E-state index contributed by atoms with van der Waals surface area (Å²) in [5.74, 6) is -1.76. The molecule has 18 heavy (non-hydrogen) atoms. The second kappa shape index (κ2) is 8.11. The van der Waals surface area contributed by atoms with Crippen LogP contribution in [0.25, 0.3) is 0 Å². The van der Waals surface area contributed by atoms with Gasteiger partial charge in [0.15, 0.2) is 0 Å². The molecular formula is C14H26O4. The van der Waals surface area contributed by atoms with Crippen LogP contribution in [0, 0.1) is 11.3 Å². The van der Waals surface area contributed by atoms with Crippen molar-refractivity contribution < 1.29 is 19.8 Å². The minimum absolute atomic E-state index is 0.0507. The van der Waals surface area contributed by atoms with Crippen LogP contribution in [-0.4, -0.2) is 22.2 Å². The normalized spacial score (nSPS) is 13.3. The van der Waals surface area contributed by atoms with Crippen molar-refractivity contribution in [1.82, 2.24) is 0 Å². The number of carboxylic acid groups (broad SMARTS) is 2. The van der Waals surface area contributed by atoms with E-state index < -0.39 is 11.9 Å². The van der Waals surface area contributed by atoms with E-state index in [1.807, 2.05) is 0 Å². The Balaban J connectivity index is 4.48. The van der Waals surface area contributed by atoms with Crippen LogP contribution < -0.4 is 0 Å². The molecule has 0 spiro atoms. The van der Waals surface area contributed by atoms with Crippen LogP contribution in [0.15, 0.2) is 0 Å². The highest BCUT2D eigenvalue weighted by Crippen LogP contribution is 2.37. The Kier molecular flexibility index (Phi) is 7.64. The molecule has 0 saturated heterocycles. The SMILES string of the molecule is CCCCCC(C)(C)C(CCC(=O)O)CC(=O)O. The van der Waals surface area contributed by atoms with E-state index in [1.165, 1.54) is 0 Å². The minimum Gasteiger partial charge on any atom is -0.481 e. The standard InChI is InChI=1S/C14H26O4/c1-4-5-6-9-14(2,3)11(10-13(17)18)7-8-12(15)16/h11H,4-10H2,1-3H3,(H,15,16)(H,17,18). The van der Waals surface area contributed by atoms with Crippen molar-refractivity contribution in [1.29, 1.82) is 0 Å². The van der Waals surface area contributed by atoms with Gasteiger partial charge in [-0.25, -0.2) is 0 Å². The van der Waals surface area contributed by atoms with E-state index in [4.69, 9.17) is 10.2 Å². The van der Waals surface area contributed by atoms with Crippen LogP contribution in [0.5, 0.6) is 0 Å². The van der Waals surface area contributed by atoms with Gasteiger partial charge in [-0.1, -0.05) is 40.0 Å². The number of carbonyl (C=O) groups is 2. The van der Waals surface area contributed by atoms with Crippen molar-refractivity contribution >= 4 is 11.9 Å². The van der Waals surface area contributed by atoms with Gasteiger partial charge in [0, 0.05) is 12.8 Å². The molecule has 1 unspecified atom stereocenters. The highest BCUT2D eigenvalue weighted by Gasteiger charge is 2.30. The average molecular weight is 258 g/mol. The fourth-order valence-corrected chi connectivity index (χ4v) is 2.31. The smallest absolute Gasteiger partial charge is 0.303 e. The Bertz CT molecular complexity index is 271. The van der Waals surface area contributed by atoms with Gasteiger partial charge < -0.3 is 10.2 Å². The zero-order valence-electron chi connectivity index (χ0n) is 11.7. The molecule has 4 nitrogen and oxygen atoms in total. The lowest BCUT2D eigenvalue weighted by molar-refractivity contribution is -0.141. The molecule has 0 aliphatic heterocycles. The predicted molar refractivity (Wildman–Crippen MR) is 70.5 cm³/mol. The number of hydrogen-bond acceptors (Lipinski definition) is 2. The molecule has 2 N–H and O–H groups in total. The molecule has 1 atom stereocenters. The summed E-state index contributed by atoms with van der Waals surface area (Å²) in [6, 6.07) is 0. The zero-order valence-corrected chi connectivity index (χ0v) is 11.7. The van der Waals surface area contributed by atoms with Gasteiger partial charge in [-0.2, -0.15) is 0 Å². The summed E-state index contributed by atoms with van der Waals surface area (Å²) in [6.07, 6.45) is 4.87. The van der Waals surface area contributed by atoms with E-state index in [-0.39, 0.29) is 24.2 Å². The Labute approximate surface area is 109 Å². The third-order valence-electron chi connectivity index (χ3n) is 3.66. The van der Waals surface area contributed by atoms with Gasteiger partial charge in [-0.05, 0) is 24.2 Å². The second-order valence-corrected chi connectivity index (χ2v) is 5.67. The summed E-state index contributed by atoms with van der Waals surface area (Å²) in [6.45, 7) is 6.24. The molecule has 106 valence electrons. The number of hydrogen-bond donors (Lipinski definition) is 2. The van der Waals surface area contributed by atoms with E-state index in [2.05, 4.69) is 20.8 Å². The lowest BCUT2D eigenvalue weighted by atomic mass is 9.71. The molecule has 0 rings (SSSR count). The van der Waals surface area contributed by atoms with Crippen molar-refractivity contribution in [2.45, 2.75) is 65.7 Å². The molecule has 0 amide bonds. The molecular weight excluding hydrogens is 232 g/mol. The Morgan fingerprint density at radius 1 is 1.11 bits per heavy atom. The van der Waals surface area contributed by atoms with Crippen molar-refractivity contribution in [3.05, 3.63) is 0 Å². The molecule has 0 aliphatic carbocycles. The van der Waals surface area contributed by atoms with Crippen LogP contribution in [0.3, 0.4) is 0 Å². The highest BCUT2D eigenvalue weighted by molar-refractivity contribution is 5.68. The topological polar surface area (TPSA) is 74.6 Å². The Hall–Kier alpha value is -1.06. The Morgan fingerprint density at radius 2 is 1.72 bits per heavy atom. The first-order valence-corrected chi connectivity index (χ1v) is 6.73. The maximum absolute atomic E-state index is 10.9. The molecule has 0 saturated carbocycles. The lowest BCUT2D eigenvalue weighted by Gasteiger charge is -2.33. The summed E-state index contributed by atoms with van der Waals surface area (Å²) in [7, 11) is 0. The number of carboxylic acids is 2. The largest absolute Gasteiger partial charge is 0.481 e. The number of aliphatic carboxylic acids is 2. The van der Waals surface area contributed by atoms with E-state index in [0.29, 0.717) is 6.42 Å². The Morgan fingerprint density at radius 3 is 2.17 bits per heavy atom. The molecule has 0 aromatic rings. The van der Waals surface area contributed by atoms with E-state index in [9.17, 15) is 9.59 Å². The van der Waals surface area contributed by atoms with Crippen LogP contribution in [0.4, 0.5) is 0 Å². The molecule has 0 bridgehead atoms. The summed E-state index contributed by atoms with van der Waals surface area (Å²) < 4.78 is 0. The third kappa shape index (κ3) is 7.30. The average Bonchev–Trinajstić information content (AvgIpc) is 2.23. The fourth-order valence-electron chi connectivity index (χ4n) is 2.31. The number of rotatable bonds is 10. The first kappa shape index (κ1) is 16.9.